The fourth-order valence-corrected chi connectivity index (χ4v) is 4.13. The Labute approximate surface area is 110 Å². The second-order valence-corrected chi connectivity index (χ2v) is 6.62. The molecule has 2 saturated heterocycles. The van der Waals surface area contributed by atoms with E-state index in [0.29, 0.717) is 17.4 Å². The van der Waals surface area contributed by atoms with Crippen molar-refractivity contribution < 1.29 is 4.79 Å². The van der Waals surface area contributed by atoms with Crippen LogP contribution in [0, 0.1) is 5.41 Å². The quantitative estimate of drug-likeness (QED) is 0.815. The van der Waals surface area contributed by atoms with Crippen LogP contribution in [-0.4, -0.2) is 36.5 Å². The lowest BCUT2D eigenvalue weighted by Gasteiger charge is -2.33. The molecule has 102 valence electrons. The minimum absolute atomic E-state index is 0.400. The van der Waals surface area contributed by atoms with E-state index in [1.54, 1.807) is 0 Å². The van der Waals surface area contributed by atoms with Crippen molar-refractivity contribution in [1.82, 2.24) is 10.2 Å². The third-order valence-electron chi connectivity index (χ3n) is 5.29. The molecule has 0 aromatic rings. The number of hydrogen-bond acceptors (Lipinski definition) is 2. The predicted molar refractivity (Wildman–Crippen MR) is 72.4 cm³/mol. The highest BCUT2D eigenvalue weighted by molar-refractivity contribution is 5.77. The van der Waals surface area contributed by atoms with Gasteiger partial charge in [-0.05, 0) is 44.1 Å². The van der Waals surface area contributed by atoms with Gasteiger partial charge in [0, 0.05) is 25.6 Å². The number of amides is 1. The lowest BCUT2D eigenvalue weighted by Crippen LogP contribution is -2.36. The maximum atomic E-state index is 12.3. The summed E-state index contributed by atoms with van der Waals surface area (Å²) in [5.41, 5.74) is 0.511. The molecule has 1 atom stereocenters. The first-order chi connectivity index (χ1) is 8.77. The maximum Gasteiger partial charge on any atom is 0.224 e. The molecule has 1 saturated carbocycles. The van der Waals surface area contributed by atoms with Crippen molar-refractivity contribution in [2.75, 3.05) is 19.6 Å². The molecule has 2 aliphatic heterocycles. The van der Waals surface area contributed by atoms with Crippen molar-refractivity contribution in [2.24, 2.45) is 5.41 Å². The van der Waals surface area contributed by atoms with Crippen molar-refractivity contribution in [3.05, 3.63) is 0 Å². The van der Waals surface area contributed by atoms with Gasteiger partial charge >= 0.3 is 0 Å². The Balaban J connectivity index is 1.52. The Hall–Kier alpha value is -0.570. The molecule has 18 heavy (non-hydrogen) atoms. The molecule has 0 aromatic heterocycles. The minimum Gasteiger partial charge on any atom is -0.342 e. The Bertz CT molecular complexity index is 304. The molecule has 0 radical (unpaired) electrons. The maximum absolute atomic E-state index is 12.3. The van der Waals surface area contributed by atoms with E-state index in [0.717, 1.165) is 26.1 Å². The van der Waals surface area contributed by atoms with Crippen molar-refractivity contribution >= 4 is 5.91 Å². The molecule has 0 aromatic carbocycles. The van der Waals surface area contributed by atoms with Gasteiger partial charge in [-0.1, -0.05) is 19.3 Å². The molecular formula is C15H26N2O. The average molecular weight is 250 g/mol. The van der Waals surface area contributed by atoms with E-state index < -0.39 is 0 Å². The SMILES string of the molecule is O=C(CC1CCCN1)N1CCC2(CCCCC2)C1. The number of rotatable bonds is 2. The molecule has 1 spiro atoms. The van der Waals surface area contributed by atoms with Crippen molar-refractivity contribution in [2.45, 2.75) is 63.8 Å². The van der Waals surface area contributed by atoms with Gasteiger partial charge in [-0.15, -0.1) is 0 Å². The first-order valence-electron chi connectivity index (χ1n) is 7.79. The largest absolute Gasteiger partial charge is 0.342 e. The van der Waals surface area contributed by atoms with Crippen LogP contribution in [0.2, 0.25) is 0 Å². The van der Waals surface area contributed by atoms with Crippen LogP contribution in [0.25, 0.3) is 0 Å². The average Bonchev–Trinajstić information content (AvgIpc) is 3.01. The summed E-state index contributed by atoms with van der Waals surface area (Å²) in [6.45, 7) is 3.17. The first kappa shape index (κ1) is 12.5. The highest BCUT2D eigenvalue weighted by atomic mass is 16.2. The number of carbonyl (C=O) groups excluding carboxylic acids is 1. The normalized spacial score (nSPS) is 31.1. The van der Waals surface area contributed by atoms with Crippen LogP contribution in [0.4, 0.5) is 0 Å². The van der Waals surface area contributed by atoms with E-state index in [4.69, 9.17) is 0 Å². The number of hydrogen-bond donors (Lipinski definition) is 1. The molecule has 0 bridgehead atoms. The van der Waals surface area contributed by atoms with Crippen molar-refractivity contribution in [1.29, 1.82) is 0 Å². The second kappa shape index (κ2) is 5.20. The summed E-state index contributed by atoms with van der Waals surface area (Å²) >= 11 is 0. The van der Waals surface area contributed by atoms with Crippen LogP contribution in [-0.2, 0) is 4.79 Å². The highest BCUT2D eigenvalue weighted by Gasteiger charge is 2.40. The fourth-order valence-electron chi connectivity index (χ4n) is 4.13. The van der Waals surface area contributed by atoms with E-state index in [-0.39, 0.29) is 0 Å². The molecule has 3 aliphatic rings. The second-order valence-electron chi connectivity index (χ2n) is 6.62. The summed E-state index contributed by atoms with van der Waals surface area (Å²) in [4.78, 5) is 14.5. The first-order valence-corrected chi connectivity index (χ1v) is 7.79. The smallest absolute Gasteiger partial charge is 0.224 e. The summed E-state index contributed by atoms with van der Waals surface area (Å²) in [5.74, 6) is 0.400. The predicted octanol–water partition coefficient (Wildman–Crippen LogP) is 2.31. The van der Waals surface area contributed by atoms with Gasteiger partial charge in [-0.2, -0.15) is 0 Å². The van der Waals surface area contributed by atoms with Crippen molar-refractivity contribution in [3.8, 4) is 0 Å². The molecule has 3 rings (SSSR count). The zero-order valence-electron chi connectivity index (χ0n) is 11.4. The summed E-state index contributed by atoms with van der Waals surface area (Å²) in [7, 11) is 0. The van der Waals surface area contributed by atoms with E-state index in [1.165, 1.54) is 51.4 Å². The van der Waals surface area contributed by atoms with Gasteiger partial charge in [-0.3, -0.25) is 4.79 Å². The standard InChI is InChI=1S/C15H26N2O/c18-14(11-13-5-4-9-16-13)17-10-8-15(12-17)6-2-1-3-7-15/h13,16H,1-12H2. The van der Waals surface area contributed by atoms with Gasteiger partial charge in [0.05, 0.1) is 0 Å². The van der Waals surface area contributed by atoms with E-state index in [1.807, 2.05) is 0 Å². The van der Waals surface area contributed by atoms with Crippen LogP contribution < -0.4 is 5.32 Å². The third kappa shape index (κ3) is 2.56. The van der Waals surface area contributed by atoms with Crippen molar-refractivity contribution in [3.63, 3.8) is 0 Å². The molecular weight excluding hydrogens is 224 g/mol. The summed E-state index contributed by atoms with van der Waals surface area (Å²) in [6, 6.07) is 0.459. The van der Waals surface area contributed by atoms with E-state index >= 15 is 0 Å². The Morgan fingerprint density at radius 2 is 2.00 bits per heavy atom. The van der Waals surface area contributed by atoms with Gasteiger partial charge in [0.15, 0.2) is 0 Å². The lowest BCUT2D eigenvalue weighted by atomic mass is 9.73. The van der Waals surface area contributed by atoms with Gasteiger partial charge < -0.3 is 10.2 Å². The zero-order valence-corrected chi connectivity index (χ0v) is 11.4. The summed E-state index contributed by atoms with van der Waals surface area (Å²) < 4.78 is 0. The molecule has 1 amide bonds. The zero-order chi connectivity index (χ0) is 12.4. The van der Waals surface area contributed by atoms with Crippen LogP contribution >= 0.6 is 0 Å². The lowest BCUT2D eigenvalue weighted by molar-refractivity contribution is -0.131. The summed E-state index contributed by atoms with van der Waals surface area (Å²) in [5, 5.41) is 3.43. The molecule has 3 heteroatoms. The molecule has 1 unspecified atom stereocenters. The number of nitrogens with zero attached hydrogens (tertiary/aromatic N) is 1. The van der Waals surface area contributed by atoms with Crippen LogP contribution in [0.3, 0.4) is 0 Å². The third-order valence-corrected chi connectivity index (χ3v) is 5.29. The molecule has 1 aliphatic carbocycles. The fraction of sp³-hybridized carbons (Fsp3) is 0.933. The summed E-state index contributed by atoms with van der Waals surface area (Å²) in [6.07, 6.45) is 11.3. The van der Waals surface area contributed by atoms with Gasteiger partial charge in [0.2, 0.25) is 5.91 Å². The number of likely N-dealkylation sites (tertiary alicyclic amines) is 1. The van der Waals surface area contributed by atoms with Gasteiger partial charge in [0.1, 0.15) is 0 Å². The van der Waals surface area contributed by atoms with E-state index in [9.17, 15) is 4.79 Å². The van der Waals surface area contributed by atoms with Gasteiger partial charge in [0.25, 0.3) is 0 Å². The number of carbonyl (C=O) groups is 1. The van der Waals surface area contributed by atoms with Crippen LogP contribution in [0.5, 0.6) is 0 Å². The molecule has 3 fully saturated rings. The monoisotopic (exact) mass is 250 g/mol. The Kier molecular flexibility index (Phi) is 3.60. The minimum atomic E-state index is 0.400. The topological polar surface area (TPSA) is 32.3 Å². The number of nitrogens with one attached hydrogen (secondary N) is 1. The Morgan fingerprint density at radius 3 is 2.72 bits per heavy atom. The van der Waals surface area contributed by atoms with Crippen LogP contribution in [0.15, 0.2) is 0 Å². The van der Waals surface area contributed by atoms with Crippen LogP contribution in [0.1, 0.15) is 57.8 Å². The molecule has 1 N–H and O–H groups in total. The van der Waals surface area contributed by atoms with Gasteiger partial charge in [-0.25, -0.2) is 0 Å². The Morgan fingerprint density at radius 1 is 1.17 bits per heavy atom. The highest BCUT2D eigenvalue weighted by Crippen LogP contribution is 2.43. The molecule has 3 nitrogen and oxygen atoms in total. The van der Waals surface area contributed by atoms with E-state index in [2.05, 4.69) is 10.2 Å². The molecule has 2 heterocycles.